The highest BCUT2D eigenvalue weighted by atomic mass is 32.1. The van der Waals surface area contributed by atoms with Crippen LogP contribution in [0.1, 0.15) is 36.2 Å². The lowest BCUT2D eigenvalue weighted by atomic mass is 9.90. The first-order valence-corrected chi connectivity index (χ1v) is 10.3. The summed E-state index contributed by atoms with van der Waals surface area (Å²) in [7, 11) is 0. The molecule has 1 fully saturated rings. The Balaban J connectivity index is 1.37. The minimum atomic E-state index is -0.318. The summed E-state index contributed by atoms with van der Waals surface area (Å²) in [6, 6.07) is 13.0. The molecule has 2 aromatic heterocycles. The van der Waals surface area contributed by atoms with E-state index in [1.165, 1.54) is 27.9 Å². The van der Waals surface area contributed by atoms with Gasteiger partial charge in [-0.25, -0.2) is 4.39 Å². The molecule has 0 spiro atoms. The quantitative estimate of drug-likeness (QED) is 0.418. The second-order valence-corrected chi connectivity index (χ2v) is 8.07. The molecule has 5 rings (SSSR count). The maximum absolute atomic E-state index is 13.4. The normalized spacial score (nSPS) is 17.3. The smallest absolute Gasteiger partial charge is 0.170 e. The SMILES string of the molecule is C=CC(c1noc2cc(F)ccc12)N1CCC(c2nsc3ccccc23)CC1. The van der Waals surface area contributed by atoms with E-state index in [1.54, 1.807) is 17.6 Å². The van der Waals surface area contributed by atoms with Gasteiger partial charge in [0.15, 0.2) is 5.58 Å². The van der Waals surface area contributed by atoms with E-state index in [0.717, 1.165) is 37.0 Å². The van der Waals surface area contributed by atoms with Gasteiger partial charge in [0, 0.05) is 22.8 Å². The summed E-state index contributed by atoms with van der Waals surface area (Å²) in [5, 5.41) is 6.36. The predicted octanol–water partition coefficient (Wildman–Crippen LogP) is 5.68. The molecule has 0 aliphatic carbocycles. The van der Waals surface area contributed by atoms with Crippen LogP contribution in [0.25, 0.3) is 21.1 Å². The molecular weight excluding hydrogens is 373 g/mol. The zero-order chi connectivity index (χ0) is 19.1. The van der Waals surface area contributed by atoms with E-state index >= 15 is 0 Å². The molecule has 0 saturated carbocycles. The summed E-state index contributed by atoms with van der Waals surface area (Å²) < 4.78 is 24.8. The van der Waals surface area contributed by atoms with Gasteiger partial charge in [-0.15, -0.1) is 6.58 Å². The van der Waals surface area contributed by atoms with Crippen LogP contribution in [0.15, 0.2) is 59.6 Å². The highest BCUT2D eigenvalue weighted by Crippen LogP contribution is 2.37. The lowest BCUT2D eigenvalue weighted by Crippen LogP contribution is -2.35. The van der Waals surface area contributed by atoms with Crippen LogP contribution in [0.5, 0.6) is 0 Å². The Hall–Kier alpha value is -2.57. The highest BCUT2D eigenvalue weighted by Gasteiger charge is 2.29. The van der Waals surface area contributed by atoms with Crippen molar-refractivity contribution in [2.45, 2.75) is 24.8 Å². The van der Waals surface area contributed by atoms with Crippen molar-refractivity contribution in [1.82, 2.24) is 14.4 Å². The molecule has 0 bridgehead atoms. The third-order valence-corrected chi connectivity index (χ3v) is 6.52. The molecule has 0 amide bonds. The van der Waals surface area contributed by atoms with E-state index in [-0.39, 0.29) is 11.9 Å². The van der Waals surface area contributed by atoms with Gasteiger partial charge in [0.1, 0.15) is 11.5 Å². The van der Waals surface area contributed by atoms with Gasteiger partial charge in [-0.05, 0) is 55.7 Å². The molecule has 1 aliphatic heterocycles. The molecule has 1 atom stereocenters. The topological polar surface area (TPSA) is 42.2 Å². The third kappa shape index (κ3) is 2.93. The monoisotopic (exact) mass is 393 g/mol. The van der Waals surface area contributed by atoms with Crippen LogP contribution in [0.3, 0.4) is 0 Å². The van der Waals surface area contributed by atoms with Crippen LogP contribution in [0.2, 0.25) is 0 Å². The van der Waals surface area contributed by atoms with Gasteiger partial charge in [0.25, 0.3) is 0 Å². The number of piperidine rings is 1. The molecule has 28 heavy (non-hydrogen) atoms. The van der Waals surface area contributed by atoms with Crippen molar-refractivity contribution in [1.29, 1.82) is 0 Å². The predicted molar refractivity (Wildman–Crippen MR) is 110 cm³/mol. The van der Waals surface area contributed by atoms with E-state index < -0.39 is 0 Å². The first-order chi connectivity index (χ1) is 13.7. The van der Waals surface area contributed by atoms with Crippen molar-refractivity contribution in [3.63, 3.8) is 0 Å². The van der Waals surface area contributed by atoms with Gasteiger partial charge in [-0.2, -0.15) is 4.37 Å². The summed E-state index contributed by atoms with van der Waals surface area (Å²) >= 11 is 1.59. The van der Waals surface area contributed by atoms with Crippen LogP contribution in [-0.4, -0.2) is 27.5 Å². The molecule has 0 N–H and O–H groups in total. The number of hydrogen-bond acceptors (Lipinski definition) is 5. The maximum atomic E-state index is 13.4. The largest absolute Gasteiger partial charge is 0.356 e. The summed E-state index contributed by atoms with van der Waals surface area (Å²) in [6.45, 7) is 5.88. The first-order valence-electron chi connectivity index (χ1n) is 9.50. The fourth-order valence-corrected chi connectivity index (χ4v) is 5.08. The van der Waals surface area contributed by atoms with Crippen LogP contribution in [-0.2, 0) is 0 Å². The van der Waals surface area contributed by atoms with Gasteiger partial charge in [0.2, 0.25) is 0 Å². The number of halogens is 1. The van der Waals surface area contributed by atoms with E-state index in [4.69, 9.17) is 8.90 Å². The summed E-state index contributed by atoms with van der Waals surface area (Å²) in [5.74, 6) is 0.155. The zero-order valence-electron chi connectivity index (χ0n) is 15.3. The maximum Gasteiger partial charge on any atom is 0.170 e. The molecule has 1 unspecified atom stereocenters. The van der Waals surface area contributed by atoms with Crippen molar-refractivity contribution < 1.29 is 8.91 Å². The number of likely N-dealkylation sites (tertiary alicyclic amines) is 1. The Labute approximate surface area is 166 Å². The van der Waals surface area contributed by atoms with E-state index in [2.05, 4.69) is 40.9 Å². The average molecular weight is 393 g/mol. The Kier molecular flexibility index (Phi) is 4.45. The lowest BCUT2D eigenvalue weighted by molar-refractivity contribution is 0.173. The van der Waals surface area contributed by atoms with Crippen molar-refractivity contribution in [2.24, 2.45) is 0 Å². The molecule has 2 aromatic carbocycles. The van der Waals surface area contributed by atoms with Gasteiger partial charge in [-0.3, -0.25) is 4.90 Å². The number of benzene rings is 2. The molecule has 1 aliphatic rings. The minimum Gasteiger partial charge on any atom is -0.356 e. The zero-order valence-corrected chi connectivity index (χ0v) is 16.2. The number of nitrogens with zero attached hydrogens (tertiary/aromatic N) is 3. The van der Waals surface area contributed by atoms with Gasteiger partial charge in [0.05, 0.1) is 16.4 Å². The molecule has 1 saturated heterocycles. The summed E-state index contributed by atoms with van der Waals surface area (Å²) in [6.07, 6.45) is 3.99. The van der Waals surface area contributed by atoms with Crippen molar-refractivity contribution in [2.75, 3.05) is 13.1 Å². The Morgan fingerprint density at radius 1 is 1.18 bits per heavy atom. The number of fused-ring (bicyclic) bond motifs is 2. The Bertz CT molecular complexity index is 1140. The van der Waals surface area contributed by atoms with Crippen LogP contribution in [0, 0.1) is 5.82 Å². The van der Waals surface area contributed by atoms with Crippen molar-refractivity contribution in [3.8, 4) is 0 Å². The van der Waals surface area contributed by atoms with Crippen molar-refractivity contribution >= 4 is 32.6 Å². The highest BCUT2D eigenvalue weighted by molar-refractivity contribution is 7.13. The Morgan fingerprint density at radius 3 is 2.82 bits per heavy atom. The molecule has 6 heteroatoms. The van der Waals surface area contributed by atoms with E-state index in [0.29, 0.717) is 11.5 Å². The number of hydrogen-bond donors (Lipinski definition) is 0. The second-order valence-electron chi connectivity index (χ2n) is 7.26. The average Bonchev–Trinajstić information content (AvgIpc) is 3.33. The first kappa shape index (κ1) is 17.5. The van der Waals surface area contributed by atoms with Crippen LogP contribution < -0.4 is 0 Å². The molecular formula is C22H20FN3OS. The number of rotatable bonds is 4. The number of aromatic nitrogens is 2. The van der Waals surface area contributed by atoms with Gasteiger partial charge < -0.3 is 4.52 Å². The summed E-state index contributed by atoms with van der Waals surface area (Å²) in [5.41, 5.74) is 2.52. The second kappa shape index (κ2) is 7.11. The van der Waals surface area contributed by atoms with E-state index in [1.807, 2.05) is 6.08 Å². The summed E-state index contributed by atoms with van der Waals surface area (Å²) in [4.78, 5) is 2.37. The fourth-order valence-electron chi connectivity index (χ4n) is 4.23. The molecule has 4 nitrogen and oxygen atoms in total. The Morgan fingerprint density at radius 2 is 2.00 bits per heavy atom. The van der Waals surface area contributed by atoms with Crippen LogP contribution in [0.4, 0.5) is 4.39 Å². The minimum absolute atomic E-state index is 0.0418. The van der Waals surface area contributed by atoms with Crippen LogP contribution >= 0.6 is 11.5 Å². The third-order valence-electron chi connectivity index (χ3n) is 5.68. The molecule has 0 radical (unpaired) electrons. The lowest BCUT2D eigenvalue weighted by Gasteiger charge is -2.35. The van der Waals surface area contributed by atoms with Crippen molar-refractivity contribution in [3.05, 3.63) is 72.3 Å². The van der Waals surface area contributed by atoms with E-state index in [9.17, 15) is 4.39 Å². The van der Waals surface area contributed by atoms with Gasteiger partial charge in [-0.1, -0.05) is 29.4 Å². The standard InChI is InChI=1S/C22H20FN3OS/c1-2-18(22-16-8-7-15(23)13-19(16)27-24-22)26-11-9-14(10-12-26)21-17-5-3-4-6-20(17)28-25-21/h2-8,13-14,18H,1,9-12H2. The molecule has 3 heterocycles. The molecule has 142 valence electrons. The molecule has 4 aromatic rings. The van der Waals surface area contributed by atoms with Gasteiger partial charge >= 0.3 is 0 Å². The fraction of sp³-hybridized carbons (Fsp3) is 0.273.